The van der Waals surface area contributed by atoms with E-state index in [2.05, 4.69) is 200 Å². The molecule has 11 rings (SSSR count). The lowest BCUT2D eigenvalue weighted by atomic mass is 9.86. The minimum absolute atomic E-state index is 0.328. The second kappa shape index (κ2) is 13.3. The minimum Gasteiger partial charge on any atom is -0.456 e. The van der Waals surface area contributed by atoms with Gasteiger partial charge in [-0.15, -0.1) is 0 Å². The fourth-order valence-corrected chi connectivity index (χ4v) is 8.48. The zero-order valence-electron chi connectivity index (χ0n) is 30.7. The van der Waals surface area contributed by atoms with Gasteiger partial charge in [-0.3, -0.25) is 0 Å². The van der Waals surface area contributed by atoms with Gasteiger partial charge in [0.25, 0.3) is 0 Å². The molecule has 0 spiro atoms. The molecule has 0 aliphatic heterocycles. The van der Waals surface area contributed by atoms with Gasteiger partial charge in [-0.05, 0) is 110 Å². The second-order valence-corrected chi connectivity index (χ2v) is 14.9. The summed E-state index contributed by atoms with van der Waals surface area (Å²) in [6.07, 6.45) is 7.96. The van der Waals surface area contributed by atoms with Crippen molar-refractivity contribution < 1.29 is 8.83 Å². The molecule has 8 aromatic carbocycles. The highest BCUT2D eigenvalue weighted by molar-refractivity contribution is 6.16. The fourth-order valence-electron chi connectivity index (χ4n) is 8.48. The van der Waals surface area contributed by atoms with Gasteiger partial charge in [0.05, 0.1) is 0 Å². The maximum absolute atomic E-state index is 6.43. The Morgan fingerprint density at radius 1 is 0.339 bits per heavy atom. The van der Waals surface area contributed by atoms with Crippen LogP contribution in [-0.2, 0) is 0 Å². The summed E-state index contributed by atoms with van der Waals surface area (Å²) >= 11 is 0. The Labute approximate surface area is 325 Å². The quantitative estimate of drug-likeness (QED) is 0.171. The smallest absolute Gasteiger partial charge is 0.139 e. The third kappa shape index (κ3) is 5.75. The molecular weight excluding hydrogens is 681 g/mol. The molecule has 1 aliphatic rings. The Balaban J connectivity index is 0.948. The summed E-state index contributed by atoms with van der Waals surface area (Å²) < 4.78 is 12.9. The van der Waals surface area contributed by atoms with Crippen molar-refractivity contribution in [3.8, 4) is 44.5 Å². The summed E-state index contributed by atoms with van der Waals surface area (Å²) in [5.41, 5.74) is 16.8. The third-order valence-electron chi connectivity index (χ3n) is 11.4. The largest absolute Gasteiger partial charge is 0.456 e. The van der Waals surface area contributed by atoms with Crippen LogP contribution >= 0.6 is 0 Å². The lowest BCUT2D eigenvalue weighted by Crippen LogP contribution is -1.99. The van der Waals surface area contributed by atoms with E-state index < -0.39 is 0 Å². The molecule has 2 nitrogen and oxygen atoms in total. The van der Waals surface area contributed by atoms with Crippen molar-refractivity contribution in [3.63, 3.8) is 0 Å². The highest BCUT2D eigenvalue weighted by Crippen LogP contribution is 2.40. The van der Waals surface area contributed by atoms with Gasteiger partial charge in [0.1, 0.15) is 22.3 Å². The Hall–Kier alpha value is -7.16. The van der Waals surface area contributed by atoms with Crippen LogP contribution in [0.2, 0.25) is 0 Å². The van der Waals surface area contributed by atoms with E-state index in [-0.39, 0.29) is 0 Å². The number of benzene rings is 8. The minimum atomic E-state index is 0.328. The van der Waals surface area contributed by atoms with Crippen LogP contribution in [0.4, 0.5) is 0 Å². The Bertz CT molecular complexity index is 3160. The van der Waals surface area contributed by atoms with Gasteiger partial charge < -0.3 is 8.83 Å². The molecule has 10 aromatic rings. The Morgan fingerprint density at radius 3 is 1.39 bits per heavy atom. The molecule has 2 aromatic heterocycles. The number of rotatable bonds is 6. The van der Waals surface area contributed by atoms with Gasteiger partial charge in [0, 0.05) is 33.5 Å². The zero-order valence-corrected chi connectivity index (χ0v) is 30.7. The topological polar surface area (TPSA) is 26.3 Å². The van der Waals surface area contributed by atoms with E-state index in [1.165, 1.54) is 55.6 Å². The van der Waals surface area contributed by atoms with Crippen LogP contribution in [0.25, 0.3) is 94.0 Å². The molecule has 0 bridgehead atoms. The van der Waals surface area contributed by atoms with Crippen molar-refractivity contribution in [2.45, 2.75) is 12.3 Å². The summed E-state index contributed by atoms with van der Waals surface area (Å²) in [6.45, 7) is 0. The van der Waals surface area contributed by atoms with E-state index in [9.17, 15) is 0 Å². The third-order valence-corrected chi connectivity index (χ3v) is 11.4. The molecule has 2 heterocycles. The zero-order chi connectivity index (χ0) is 37.0. The normalized spacial score (nSPS) is 14.2. The number of allylic oxidation sites excluding steroid dienone is 4. The first-order valence-corrected chi connectivity index (χ1v) is 19.3. The predicted octanol–water partition coefficient (Wildman–Crippen LogP) is 15.3. The summed E-state index contributed by atoms with van der Waals surface area (Å²) in [4.78, 5) is 0. The van der Waals surface area contributed by atoms with Crippen LogP contribution in [0, 0.1) is 0 Å². The molecule has 1 unspecified atom stereocenters. The second-order valence-electron chi connectivity index (χ2n) is 14.9. The highest BCUT2D eigenvalue weighted by Gasteiger charge is 2.17. The van der Waals surface area contributed by atoms with E-state index in [0.717, 1.165) is 55.9 Å². The summed E-state index contributed by atoms with van der Waals surface area (Å²) in [5, 5.41) is 4.38. The van der Waals surface area contributed by atoms with Gasteiger partial charge in [0.2, 0.25) is 0 Å². The maximum atomic E-state index is 6.43. The predicted molar refractivity (Wildman–Crippen MR) is 234 cm³/mol. The van der Waals surface area contributed by atoms with E-state index in [1.807, 2.05) is 0 Å². The first kappa shape index (κ1) is 32.3. The van der Waals surface area contributed by atoms with E-state index in [4.69, 9.17) is 8.83 Å². The van der Waals surface area contributed by atoms with Crippen molar-refractivity contribution in [1.29, 1.82) is 0 Å². The average molecular weight is 717 g/mol. The van der Waals surface area contributed by atoms with Gasteiger partial charge in [-0.2, -0.15) is 0 Å². The van der Waals surface area contributed by atoms with Crippen LogP contribution in [0.3, 0.4) is 0 Å². The SMILES string of the molecule is C1=CC(c2ccccc2)=CC(c2cccc(-c3ccc4oc5cc6oc7ccc(-c8cccc(-c9cccc(-c%10ccccc%10)c9)c8)cc7c6cc5c4c3)c2)C1. The Kier molecular flexibility index (Phi) is 7.67. The molecular formula is C54H36O2. The Morgan fingerprint density at radius 2 is 0.804 bits per heavy atom. The molecule has 2 heteroatoms. The molecule has 56 heavy (non-hydrogen) atoms. The van der Waals surface area contributed by atoms with Crippen molar-refractivity contribution in [1.82, 2.24) is 0 Å². The molecule has 1 atom stereocenters. The van der Waals surface area contributed by atoms with Crippen LogP contribution in [-0.4, -0.2) is 0 Å². The molecule has 0 saturated heterocycles. The summed E-state index contributed by atoms with van der Waals surface area (Å²) in [7, 11) is 0. The molecule has 0 fully saturated rings. The van der Waals surface area contributed by atoms with E-state index >= 15 is 0 Å². The first-order valence-electron chi connectivity index (χ1n) is 19.3. The molecule has 0 N–H and O–H groups in total. The molecule has 0 saturated carbocycles. The molecule has 0 amide bonds. The van der Waals surface area contributed by atoms with Crippen LogP contribution in [0.1, 0.15) is 23.5 Å². The van der Waals surface area contributed by atoms with Crippen molar-refractivity contribution in [3.05, 3.63) is 211 Å². The molecule has 1 aliphatic carbocycles. The van der Waals surface area contributed by atoms with E-state index in [1.54, 1.807) is 0 Å². The van der Waals surface area contributed by atoms with E-state index in [0.29, 0.717) is 5.92 Å². The average Bonchev–Trinajstić information content (AvgIpc) is 3.82. The lowest BCUT2D eigenvalue weighted by molar-refractivity contribution is 0.656. The number of furan rings is 2. The van der Waals surface area contributed by atoms with Crippen molar-refractivity contribution in [2.24, 2.45) is 0 Å². The highest BCUT2D eigenvalue weighted by atomic mass is 16.3. The van der Waals surface area contributed by atoms with Crippen molar-refractivity contribution in [2.75, 3.05) is 0 Å². The van der Waals surface area contributed by atoms with Crippen LogP contribution < -0.4 is 0 Å². The number of hydrogen-bond acceptors (Lipinski definition) is 2. The lowest BCUT2D eigenvalue weighted by Gasteiger charge is -2.18. The monoisotopic (exact) mass is 716 g/mol. The van der Waals surface area contributed by atoms with Gasteiger partial charge in [0.15, 0.2) is 0 Å². The summed E-state index contributed by atoms with van der Waals surface area (Å²) in [5.74, 6) is 0.328. The van der Waals surface area contributed by atoms with Gasteiger partial charge in [-0.1, -0.05) is 152 Å². The van der Waals surface area contributed by atoms with Crippen LogP contribution in [0.15, 0.2) is 209 Å². The number of hydrogen-bond donors (Lipinski definition) is 0. The van der Waals surface area contributed by atoms with Gasteiger partial charge >= 0.3 is 0 Å². The molecule has 0 radical (unpaired) electrons. The van der Waals surface area contributed by atoms with Gasteiger partial charge in [-0.25, -0.2) is 0 Å². The summed E-state index contributed by atoms with van der Waals surface area (Å²) in [6, 6.07) is 65.2. The number of fused-ring (bicyclic) bond motifs is 6. The van der Waals surface area contributed by atoms with Crippen molar-refractivity contribution >= 4 is 49.5 Å². The molecule has 264 valence electrons. The van der Waals surface area contributed by atoms with Crippen LogP contribution in [0.5, 0.6) is 0 Å². The first-order chi connectivity index (χ1) is 27.7. The fraction of sp³-hybridized carbons (Fsp3) is 0.0370. The standard InChI is InChI=1S/C54H36O2/c1-3-11-35(12-4-1)37-15-7-17-39(27-37)41-19-9-21-43(29-41)45-23-25-51-47(31-45)49-33-50-48-32-46(24-26-52(48)56-54(50)34-53(49)55-51)44-22-10-20-42(30-44)40-18-8-16-38(28-40)36-13-5-2-6-14-36/h1-17,19-34,40H,18H2. The maximum Gasteiger partial charge on any atom is 0.139 e.